The number of hydrogen-bond acceptors (Lipinski definition) is 6. The summed E-state index contributed by atoms with van der Waals surface area (Å²) in [4.78, 5) is 26.5. The van der Waals surface area contributed by atoms with Crippen LogP contribution < -0.4 is 0 Å². The van der Waals surface area contributed by atoms with Gasteiger partial charge >= 0.3 is 5.97 Å². The van der Waals surface area contributed by atoms with E-state index < -0.39 is 0 Å². The third-order valence-electron chi connectivity index (χ3n) is 7.38. The Balaban J connectivity index is 1.28. The molecule has 2 atom stereocenters. The number of carbonyl (C=O) groups is 2. The van der Waals surface area contributed by atoms with Gasteiger partial charge in [-0.05, 0) is 76.0 Å². The van der Waals surface area contributed by atoms with Crippen LogP contribution in [-0.2, 0) is 25.4 Å². The Morgan fingerprint density at radius 1 is 1.17 bits per heavy atom. The van der Waals surface area contributed by atoms with Crippen molar-refractivity contribution >= 4 is 23.6 Å². The molecule has 2 aliphatic heterocycles. The molecule has 1 aromatic rings. The molecular formula is C29H41NO5S. The van der Waals surface area contributed by atoms with Gasteiger partial charge in [0.25, 0.3) is 0 Å². The predicted octanol–water partition coefficient (Wildman–Crippen LogP) is 5.89. The van der Waals surface area contributed by atoms with E-state index in [9.17, 15) is 9.59 Å². The molecule has 1 aromatic carbocycles. The molecule has 0 bridgehead atoms. The van der Waals surface area contributed by atoms with Crippen molar-refractivity contribution in [2.75, 3.05) is 25.5 Å². The average Bonchev–Trinajstić information content (AvgIpc) is 3.25. The molecule has 4 rings (SSSR count). The molecule has 2 unspecified atom stereocenters. The number of amides is 1. The molecular weight excluding hydrogens is 474 g/mol. The number of hydrogen-bond donors (Lipinski definition) is 0. The Morgan fingerprint density at radius 2 is 1.97 bits per heavy atom. The minimum atomic E-state index is -0.278. The number of nitrogens with zero attached hydrogens (tertiary/aromatic N) is 1. The first-order valence-corrected chi connectivity index (χ1v) is 14.8. The van der Waals surface area contributed by atoms with Gasteiger partial charge < -0.3 is 19.1 Å². The lowest BCUT2D eigenvalue weighted by Gasteiger charge is -2.39. The number of esters is 1. The zero-order valence-corrected chi connectivity index (χ0v) is 22.4. The Bertz CT molecular complexity index is 874. The first-order chi connectivity index (χ1) is 17.6. The topological polar surface area (TPSA) is 65.1 Å². The molecule has 7 heteroatoms. The van der Waals surface area contributed by atoms with Gasteiger partial charge in [-0.1, -0.05) is 43.5 Å². The molecule has 1 saturated carbocycles. The molecule has 198 valence electrons. The number of rotatable bonds is 11. The summed E-state index contributed by atoms with van der Waals surface area (Å²) >= 11 is 1.75. The van der Waals surface area contributed by atoms with Crippen LogP contribution in [0.3, 0.4) is 0 Å². The fourth-order valence-electron chi connectivity index (χ4n) is 5.38. The molecule has 2 saturated heterocycles. The summed E-state index contributed by atoms with van der Waals surface area (Å²) < 4.78 is 17.5. The normalized spacial score (nSPS) is 24.4. The Morgan fingerprint density at radius 3 is 2.69 bits per heavy atom. The van der Waals surface area contributed by atoms with E-state index in [1.807, 2.05) is 36.1 Å². The van der Waals surface area contributed by atoms with Gasteiger partial charge in [-0.25, -0.2) is 4.79 Å². The van der Waals surface area contributed by atoms with Crippen molar-refractivity contribution in [2.45, 2.75) is 94.8 Å². The number of aryl methyl sites for hydroxylation is 1. The Hall–Kier alpha value is -1.83. The summed E-state index contributed by atoms with van der Waals surface area (Å²) in [6.07, 6.45) is 16.1. The Kier molecular flexibility index (Phi) is 10.3. The van der Waals surface area contributed by atoms with E-state index in [4.69, 9.17) is 14.2 Å². The molecule has 3 aliphatic rings. The highest BCUT2D eigenvalue weighted by atomic mass is 32.2. The van der Waals surface area contributed by atoms with Crippen LogP contribution in [0.1, 0.15) is 87.1 Å². The van der Waals surface area contributed by atoms with Gasteiger partial charge in [0.2, 0.25) is 5.91 Å². The monoisotopic (exact) mass is 515 g/mol. The molecule has 3 fully saturated rings. The van der Waals surface area contributed by atoms with Crippen molar-refractivity contribution in [3.05, 3.63) is 47.5 Å². The fourth-order valence-corrected chi connectivity index (χ4v) is 6.60. The van der Waals surface area contributed by atoms with Crippen molar-refractivity contribution in [1.29, 1.82) is 0 Å². The maximum atomic E-state index is 12.6. The summed E-state index contributed by atoms with van der Waals surface area (Å²) in [5.41, 5.74) is 1.54. The standard InChI is InChI=1S/C29H41NO5S/c1-2-33-28(32)24-15-13-23(14-16-24)10-8-11-26-30(25(31)22-36-26)20-9-19-29(17-5-3-6-18-29)35-27-12-4-7-21-34-27/h9,13-16,19,26-27H,2-8,10-12,17-18,20-22H2,1H3. The zero-order chi connectivity index (χ0) is 25.2. The lowest BCUT2D eigenvalue weighted by atomic mass is 9.84. The van der Waals surface area contributed by atoms with Crippen LogP contribution in [0, 0.1) is 0 Å². The maximum Gasteiger partial charge on any atom is 0.338 e. The zero-order valence-electron chi connectivity index (χ0n) is 21.6. The van der Waals surface area contributed by atoms with Crippen LogP contribution in [0.4, 0.5) is 0 Å². The molecule has 2 heterocycles. The number of benzene rings is 1. The second kappa shape index (κ2) is 13.6. The van der Waals surface area contributed by atoms with Gasteiger partial charge in [0.05, 0.1) is 28.9 Å². The first-order valence-electron chi connectivity index (χ1n) is 13.7. The van der Waals surface area contributed by atoms with E-state index in [0.717, 1.165) is 51.6 Å². The molecule has 0 spiro atoms. The Labute approximate surface area is 220 Å². The van der Waals surface area contributed by atoms with Gasteiger partial charge in [-0.2, -0.15) is 0 Å². The van der Waals surface area contributed by atoms with Gasteiger partial charge in [0.1, 0.15) is 0 Å². The molecule has 1 aliphatic carbocycles. The highest BCUT2D eigenvalue weighted by Gasteiger charge is 2.35. The summed E-state index contributed by atoms with van der Waals surface area (Å²) in [6.45, 7) is 3.63. The van der Waals surface area contributed by atoms with E-state index in [1.165, 1.54) is 31.2 Å². The van der Waals surface area contributed by atoms with Crippen molar-refractivity contribution < 1.29 is 23.8 Å². The second-order valence-electron chi connectivity index (χ2n) is 10.1. The number of thioether (sulfide) groups is 1. The molecule has 36 heavy (non-hydrogen) atoms. The van der Waals surface area contributed by atoms with E-state index in [-0.39, 0.29) is 29.1 Å². The van der Waals surface area contributed by atoms with Gasteiger partial charge in [-0.15, -0.1) is 11.8 Å². The largest absolute Gasteiger partial charge is 0.462 e. The van der Waals surface area contributed by atoms with Crippen molar-refractivity contribution in [3.8, 4) is 0 Å². The second-order valence-corrected chi connectivity index (χ2v) is 11.2. The quantitative estimate of drug-likeness (QED) is 0.270. The van der Waals surface area contributed by atoms with Crippen LogP contribution >= 0.6 is 11.8 Å². The van der Waals surface area contributed by atoms with Gasteiger partial charge in [-0.3, -0.25) is 4.79 Å². The van der Waals surface area contributed by atoms with E-state index >= 15 is 0 Å². The summed E-state index contributed by atoms with van der Waals surface area (Å²) in [7, 11) is 0. The predicted molar refractivity (Wildman–Crippen MR) is 143 cm³/mol. The summed E-state index contributed by atoms with van der Waals surface area (Å²) in [6, 6.07) is 7.66. The third-order valence-corrected chi connectivity index (χ3v) is 8.67. The summed E-state index contributed by atoms with van der Waals surface area (Å²) in [5, 5.41) is 0.214. The maximum absolute atomic E-state index is 12.6. The SMILES string of the molecule is CCOC(=O)c1ccc(CCCC2SCC(=O)N2CC=CC2(OC3CCCCO3)CCCCC2)cc1. The molecule has 6 nitrogen and oxygen atoms in total. The summed E-state index contributed by atoms with van der Waals surface area (Å²) in [5.74, 6) is 0.507. The lowest BCUT2D eigenvalue weighted by molar-refractivity contribution is -0.218. The highest BCUT2D eigenvalue weighted by Crippen LogP contribution is 2.36. The van der Waals surface area contributed by atoms with E-state index in [0.29, 0.717) is 24.5 Å². The van der Waals surface area contributed by atoms with E-state index in [1.54, 1.807) is 11.8 Å². The highest BCUT2D eigenvalue weighted by molar-refractivity contribution is 8.00. The van der Waals surface area contributed by atoms with Crippen LogP contribution in [0.25, 0.3) is 0 Å². The van der Waals surface area contributed by atoms with Crippen LogP contribution in [0.5, 0.6) is 0 Å². The van der Waals surface area contributed by atoms with Crippen LogP contribution in [0.2, 0.25) is 0 Å². The minimum Gasteiger partial charge on any atom is -0.462 e. The van der Waals surface area contributed by atoms with Gasteiger partial charge in [0.15, 0.2) is 6.29 Å². The van der Waals surface area contributed by atoms with Crippen molar-refractivity contribution in [1.82, 2.24) is 4.90 Å². The molecule has 0 aromatic heterocycles. The molecule has 0 N–H and O–H groups in total. The average molecular weight is 516 g/mol. The number of carbonyl (C=O) groups excluding carboxylic acids is 2. The van der Waals surface area contributed by atoms with Crippen LogP contribution in [0.15, 0.2) is 36.4 Å². The first kappa shape index (κ1) is 27.2. The van der Waals surface area contributed by atoms with Crippen molar-refractivity contribution in [3.63, 3.8) is 0 Å². The van der Waals surface area contributed by atoms with E-state index in [2.05, 4.69) is 12.2 Å². The third kappa shape index (κ3) is 7.59. The van der Waals surface area contributed by atoms with Gasteiger partial charge in [0, 0.05) is 13.2 Å². The smallest absolute Gasteiger partial charge is 0.338 e. The molecule has 0 radical (unpaired) electrons. The molecule has 1 amide bonds. The minimum absolute atomic E-state index is 0.0930. The van der Waals surface area contributed by atoms with Crippen LogP contribution in [-0.4, -0.2) is 59.6 Å². The lowest BCUT2D eigenvalue weighted by Crippen LogP contribution is -2.39. The fraction of sp³-hybridized carbons (Fsp3) is 0.655. The van der Waals surface area contributed by atoms with Crippen molar-refractivity contribution in [2.24, 2.45) is 0 Å². The number of ether oxygens (including phenoxy) is 3.